The highest BCUT2D eigenvalue weighted by Gasteiger charge is 2.23. The molecule has 354 valence electrons. The summed E-state index contributed by atoms with van der Waals surface area (Å²) in [5.74, 6) is 0.642. The molecule has 0 radical (unpaired) electrons. The molecular weight excluding hydrogens is 814 g/mol. The Bertz CT molecular complexity index is 1720. The van der Waals surface area contributed by atoms with Crippen molar-refractivity contribution in [1.82, 2.24) is 14.5 Å². The number of anilines is 1. The minimum Gasteiger partial charge on any atom is -0.462 e. The van der Waals surface area contributed by atoms with E-state index in [0.29, 0.717) is 30.7 Å². The van der Waals surface area contributed by atoms with Crippen LogP contribution in [0.15, 0.2) is 24.3 Å². The average Bonchev–Trinajstić information content (AvgIpc) is 3.66. The molecule has 0 aliphatic heterocycles. The normalized spacial score (nSPS) is 12.5. The molecule has 0 spiro atoms. The van der Waals surface area contributed by atoms with Gasteiger partial charge in [-0.25, -0.2) is 16.5 Å². The number of aryl methyl sites for hydroxylation is 1. The summed E-state index contributed by atoms with van der Waals surface area (Å²) in [6.45, 7) is 14.6. The Morgan fingerprint density at radius 1 is 0.683 bits per heavy atom. The number of rotatable bonds is 40. The van der Waals surface area contributed by atoms with Gasteiger partial charge >= 0.3 is 20.5 Å². The number of carbonyl (C=O) groups excluding carboxylic acids is 2. The van der Waals surface area contributed by atoms with E-state index in [0.717, 1.165) is 80.0 Å². The fraction of sp³-hybridized carbons (Fsp3) is 0.740. The molecule has 0 fully saturated rings. The first-order valence-corrected chi connectivity index (χ1v) is 25.9. The van der Waals surface area contributed by atoms with E-state index in [4.69, 9.17) is 40.3 Å². The number of hydrogen-bond acceptors (Lipinski definition) is 10. The van der Waals surface area contributed by atoms with Crippen LogP contribution in [0.3, 0.4) is 0 Å². The summed E-state index contributed by atoms with van der Waals surface area (Å²) >= 11 is 0. The summed E-state index contributed by atoms with van der Waals surface area (Å²) in [6.07, 6.45) is 28.9. The fourth-order valence-electron chi connectivity index (χ4n) is 7.78. The van der Waals surface area contributed by atoms with Gasteiger partial charge in [0.2, 0.25) is 6.54 Å². The second-order valence-corrected chi connectivity index (χ2v) is 18.1. The predicted octanol–water partition coefficient (Wildman–Crippen LogP) is 13.6. The third-order valence-corrected chi connectivity index (χ3v) is 12.6. The summed E-state index contributed by atoms with van der Waals surface area (Å²) < 4.78 is 32.0. The molecule has 2 heterocycles. The highest BCUT2D eigenvalue weighted by atomic mass is 31.2. The highest BCUT2D eigenvalue weighted by Crippen LogP contribution is 2.40. The molecule has 1 unspecified atom stereocenters. The molecule has 0 saturated carbocycles. The highest BCUT2D eigenvalue weighted by molar-refractivity contribution is 7.41. The molecule has 0 aliphatic carbocycles. The number of nitrogen functional groups attached to an aromatic ring is 1. The van der Waals surface area contributed by atoms with Gasteiger partial charge in [0, 0.05) is 31.2 Å². The number of para-hydroxylation sites is 1. The largest absolute Gasteiger partial charge is 0.462 e. The van der Waals surface area contributed by atoms with Crippen molar-refractivity contribution in [3.05, 3.63) is 41.5 Å². The molecule has 0 saturated heterocycles. The summed E-state index contributed by atoms with van der Waals surface area (Å²) in [6, 6.07) is 7.89. The van der Waals surface area contributed by atoms with Crippen LogP contribution in [0.5, 0.6) is 0 Å². The maximum Gasteiger partial charge on any atom is 0.333 e. The topological polar surface area (TPSA) is 141 Å². The number of imidazole rings is 1. The van der Waals surface area contributed by atoms with Crippen LogP contribution >= 0.6 is 8.60 Å². The molecule has 0 amide bonds. The lowest BCUT2D eigenvalue weighted by atomic mass is 10.1. The Hall–Kier alpha value is -3.36. The van der Waals surface area contributed by atoms with Crippen molar-refractivity contribution in [2.24, 2.45) is 0 Å². The van der Waals surface area contributed by atoms with Gasteiger partial charge in [0.25, 0.3) is 0 Å². The molecule has 2 aromatic heterocycles. The van der Waals surface area contributed by atoms with Crippen molar-refractivity contribution < 1.29 is 32.6 Å². The second-order valence-electron chi connectivity index (χ2n) is 16.9. The molecule has 13 heteroatoms. The van der Waals surface area contributed by atoms with Gasteiger partial charge in [0.1, 0.15) is 24.6 Å². The zero-order chi connectivity index (χ0) is 45.2. The van der Waals surface area contributed by atoms with Gasteiger partial charge in [-0.15, -0.1) is 0 Å². The molecule has 63 heavy (non-hydrogen) atoms. The number of unbranched alkanes of at least 4 members (excludes halogenated alkanes) is 21. The van der Waals surface area contributed by atoms with Crippen molar-refractivity contribution in [3.8, 4) is 0 Å². The molecule has 2 atom stereocenters. The monoisotopic (exact) mass is 896 g/mol. The minimum absolute atomic E-state index is 0.0813. The smallest absolute Gasteiger partial charge is 0.333 e. The van der Waals surface area contributed by atoms with E-state index < -0.39 is 14.7 Å². The first-order valence-electron chi connectivity index (χ1n) is 24.8. The van der Waals surface area contributed by atoms with E-state index in [2.05, 4.69) is 35.2 Å². The molecule has 3 rings (SSSR count). The first-order chi connectivity index (χ1) is 30.9. The van der Waals surface area contributed by atoms with E-state index >= 15 is 0 Å². The van der Waals surface area contributed by atoms with E-state index in [9.17, 15) is 9.59 Å². The number of pyridine rings is 1. The third kappa shape index (κ3) is 22.9. The van der Waals surface area contributed by atoms with Gasteiger partial charge in [-0.1, -0.05) is 174 Å². The SMILES string of the molecule is [C-]#[N+]CCOP(OCCn1c(CCCC)nc2c(N)nc3ccccc3c21)OC[C@@H](COC(=O)CCCCCCCCCCCCC)OC(=O)CCCCCCCCCCCCC. The second kappa shape index (κ2) is 35.0. The van der Waals surface area contributed by atoms with Gasteiger partial charge in [0.15, 0.2) is 11.9 Å². The molecule has 2 N–H and O–H groups in total. The van der Waals surface area contributed by atoms with Gasteiger partial charge < -0.3 is 38.2 Å². The quantitative estimate of drug-likeness (QED) is 0.0254. The molecule has 0 aliphatic rings. The van der Waals surface area contributed by atoms with Crippen molar-refractivity contribution in [1.29, 1.82) is 0 Å². The van der Waals surface area contributed by atoms with Crippen molar-refractivity contribution in [2.75, 3.05) is 38.7 Å². The van der Waals surface area contributed by atoms with Crippen LogP contribution in [0.2, 0.25) is 0 Å². The van der Waals surface area contributed by atoms with Crippen LogP contribution in [0.1, 0.15) is 194 Å². The Labute approximate surface area is 381 Å². The number of benzene rings is 1. The van der Waals surface area contributed by atoms with Crippen LogP contribution < -0.4 is 5.73 Å². The number of ether oxygens (including phenoxy) is 2. The van der Waals surface area contributed by atoms with Crippen LogP contribution in [0, 0.1) is 6.57 Å². The zero-order valence-electron chi connectivity index (χ0n) is 39.4. The fourth-order valence-corrected chi connectivity index (χ4v) is 8.75. The number of fused-ring (bicyclic) bond motifs is 3. The lowest BCUT2D eigenvalue weighted by Gasteiger charge is -2.21. The number of esters is 2. The molecule has 3 aromatic rings. The van der Waals surface area contributed by atoms with Crippen LogP contribution in [0.4, 0.5) is 5.82 Å². The summed E-state index contributed by atoms with van der Waals surface area (Å²) in [7, 11) is -1.94. The first kappa shape index (κ1) is 54.0. The van der Waals surface area contributed by atoms with Gasteiger partial charge in [0.05, 0.1) is 24.2 Å². The zero-order valence-corrected chi connectivity index (χ0v) is 40.3. The summed E-state index contributed by atoms with van der Waals surface area (Å²) in [4.78, 5) is 38.9. The maximum atomic E-state index is 13.1. The lowest BCUT2D eigenvalue weighted by Crippen LogP contribution is -2.29. The lowest BCUT2D eigenvalue weighted by molar-refractivity contribution is -0.161. The predicted molar refractivity (Wildman–Crippen MR) is 257 cm³/mol. The van der Waals surface area contributed by atoms with Crippen LogP contribution in [0.25, 0.3) is 26.8 Å². The molecule has 0 bridgehead atoms. The van der Waals surface area contributed by atoms with E-state index in [1.807, 2.05) is 24.3 Å². The van der Waals surface area contributed by atoms with Crippen molar-refractivity contribution in [2.45, 2.75) is 207 Å². The van der Waals surface area contributed by atoms with Crippen LogP contribution in [-0.4, -0.2) is 65.5 Å². The Morgan fingerprint density at radius 2 is 1.22 bits per heavy atom. The Morgan fingerprint density at radius 3 is 1.81 bits per heavy atom. The van der Waals surface area contributed by atoms with E-state index in [1.165, 1.54) is 103 Å². The number of nitrogens with two attached hydrogens (primary N) is 1. The van der Waals surface area contributed by atoms with E-state index in [-0.39, 0.29) is 44.9 Å². The summed E-state index contributed by atoms with van der Waals surface area (Å²) in [5, 5.41) is 0.958. The van der Waals surface area contributed by atoms with Gasteiger partial charge in [-0.3, -0.25) is 9.59 Å². The maximum absolute atomic E-state index is 13.1. The minimum atomic E-state index is -1.94. The van der Waals surface area contributed by atoms with Crippen LogP contribution in [-0.2, 0) is 45.6 Å². The Balaban J connectivity index is 1.57. The van der Waals surface area contributed by atoms with Gasteiger partial charge in [-0.2, -0.15) is 0 Å². The van der Waals surface area contributed by atoms with Gasteiger partial charge in [-0.05, 0) is 25.3 Å². The standard InChI is InChI=1S/C50H82N5O7P/c1-5-8-11-13-15-17-19-21-23-25-27-34-46(56)58-40-42(62-47(57)35-28-26-24-22-20-18-16-14-12-9-6-2)41-61-63(59-38-36-52-4)60-39-37-55-45(33-10-7-3)54-48-49(55)43-31-29-30-32-44(43)53-50(48)51/h29-32,42H,5-28,33-41H2,1-3H3,(H2,51,53)/t42-,63?/m1/s1. The number of hydrogen-bond donors (Lipinski definition) is 1. The number of nitrogens with zero attached hydrogens (tertiary/aromatic N) is 4. The summed E-state index contributed by atoms with van der Waals surface area (Å²) in [5.41, 5.74) is 8.79. The molecule has 12 nitrogen and oxygen atoms in total. The number of aromatic nitrogens is 3. The third-order valence-electron chi connectivity index (χ3n) is 11.4. The Kier molecular flexibility index (Phi) is 30.0. The van der Waals surface area contributed by atoms with E-state index in [1.54, 1.807) is 0 Å². The molecule has 1 aromatic carbocycles. The van der Waals surface area contributed by atoms with Crippen molar-refractivity contribution >= 4 is 48.3 Å². The number of carbonyl (C=O) groups is 2. The van der Waals surface area contributed by atoms with Crippen molar-refractivity contribution in [3.63, 3.8) is 0 Å². The molecular formula is C50H82N5O7P. The average molecular weight is 896 g/mol.